The number of nitrogens with one attached hydrogen (secondary N) is 1. The van der Waals surface area contributed by atoms with Crippen LogP contribution in [-0.2, 0) is 9.63 Å². The molecule has 70 valence electrons. The van der Waals surface area contributed by atoms with E-state index in [1.54, 1.807) is 0 Å². The lowest BCUT2D eigenvalue weighted by atomic mass is 10.0. The van der Waals surface area contributed by atoms with Crippen molar-refractivity contribution in [2.45, 2.75) is 39.2 Å². The molecule has 0 radical (unpaired) electrons. The summed E-state index contributed by atoms with van der Waals surface area (Å²) in [4.78, 5) is 15.0. The highest BCUT2D eigenvalue weighted by Crippen LogP contribution is 2.10. The van der Waals surface area contributed by atoms with E-state index in [1.807, 2.05) is 13.8 Å². The molecule has 0 aromatic rings. The van der Waals surface area contributed by atoms with Gasteiger partial charge in [-0.25, -0.2) is 0 Å². The Labute approximate surface area is 73.7 Å². The van der Waals surface area contributed by atoms with Crippen molar-refractivity contribution in [1.29, 1.82) is 0 Å². The van der Waals surface area contributed by atoms with Crippen LogP contribution in [0.2, 0.25) is 0 Å². The van der Waals surface area contributed by atoms with Crippen LogP contribution < -0.4 is 5.48 Å². The SMILES string of the molecule is C=C(C=O)ONC(C)(C)CCC. The van der Waals surface area contributed by atoms with Crippen LogP contribution in [0.15, 0.2) is 12.3 Å². The zero-order valence-electron chi connectivity index (χ0n) is 8.02. The highest BCUT2D eigenvalue weighted by molar-refractivity contribution is 5.68. The number of hydroxylamine groups is 1. The maximum Gasteiger partial charge on any atom is 0.186 e. The number of carbonyl (C=O) groups excluding carboxylic acids is 1. The largest absolute Gasteiger partial charge is 0.405 e. The van der Waals surface area contributed by atoms with E-state index in [-0.39, 0.29) is 11.3 Å². The zero-order valence-corrected chi connectivity index (χ0v) is 8.02. The van der Waals surface area contributed by atoms with Gasteiger partial charge < -0.3 is 4.84 Å². The fourth-order valence-corrected chi connectivity index (χ4v) is 0.904. The molecular weight excluding hydrogens is 154 g/mol. The molecule has 0 saturated carbocycles. The summed E-state index contributed by atoms with van der Waals surface area (Å²) in [6.45, 7) is 9.50. The van der Waals surface area contributed by atoms with Gasteiger partial charge in [-0.15, -0.1) is 0 Å². The average molecular weight is 171 g/mol. The lowest BCUT2D eigenvalue weighted by molar-refractivity contribution is -0.110. The van der Waals surface area contributed by atoms with Gasteiger partial charge in [0.05, 0.1) is 0 Å². The molecule has 0 rings (SSSR count). The van der Waals surface area contributed by atoms with Gasteiger partial charge in [0.2, 0.25) is 0 Å². The van der Waals surface area contributed by atoms with E-state index in [2.05, 4.69) is 19.0 Å². The van der Waals surface area contributed by atoms with Crippen LogP contribution in [-0.4, -0.2) is 11.8 Å². The molecule has 0 aliphatic rings. The third-order valence-electron chi connectivity index (χ3n) is 1.46. The molecular formula is C9H17NO2. The summed E-state index contributed by atoms with van der Waals surface area (Å²) < 4.78 is 0. The third kappa shape index (κ3) is 4.91. The van der Waals surface area contributed by atoms with Crippen molar-refractivity contribution in [2.24, 2.45) is 0 Å². The fraction of sp³-hybridized carbons (Fsp3) is 0.667. The molecule has 0 spiro atoms. The van der Waals surface area contributed by atoms with Crippen molar-refractivity contribution in [2.75, 3.05) is 0 Å². The Morgan fingerprint density at radius 1 is 1.67 bits per heavy atom. The molecule has 0 fully saturated rings. The van der Waals surface area contributed by atoms with Crippen LogP contribution in [0.3, 0.4) is 0 Å². The van der Waals surface area contributed by atoms with E-state index < -0.39 is 0 Å². The van der Waals surface area contributed by atoms with Crippen LogP contribution in [0.1, 0.15) is 33.6 Å². The first-order valence-corrected chi connectivity index (χ1v) is 4.10. The molecule has 3 nitrogen and oxygen atoms in total. The van der Waals surface area contributed by atoms with E-state index in [0.29, 0.717) is 6.29 Å². The molecule has 0 aliphatic carbocycles. The molecule has 0 aromatic heterocycles. The first kappa shape index (κ1) is 11.2. The Morgan fingerprint density at radius 3 is 2.67 bits per heavy atom. The van der Waals surface area contributed by atoms with E-state index >= 15 is 0 Å². The van der Waals surface area contributed by atoms with E-state index in [1.165, 1.54) is 0 Å². The molecule has 12 heavy (non-hydrogen) atoms. The standard InChI is InChI=1S/C9H17NO2/c1-5-6-9(3,4)10-12-8(2)7-11/h7,10H,2,5-6H2,1,3-4H3. The first-order valence-electron chi connectivity index (χ1n) is 4.10. The van der Waals surface area contributed by atoms with Crippen LogP contribution in [0.25, 0.3) is 0 Å². The van der Waals surface area contributed by atoms with Gasteiger partial charge in [-0.2, -0.15) is 5.48 Å². The monoisotopic (exact) mass is 171 g/mol. The summed E-state index contributed by atoms with van der Waals surface area (Å²) in [6, 6.07) is 0. The van der Waals surface area contributed by atoms with Crippen molar-refractivity contribution < 1.29 is 9.63 Å². The summed E-state index contributed by atoms with van der Waals surface area (Å²) in [5, 5.41) is 0. The molecule has 0 bridgehead atoms. The van der Waals surface area contributed by atoms with Crippen molar-refractivity contribution in [3.05, 3.63) is 12.3 Å². The lowest BCUT2D eigenvalue weighted by Gasteiger charge is -2.24. The summed E-state index contributed by atoms with van der Waals surface area (Å²) in [5.41, 5.74) is 2.67. The summed E-state index contributed by atoms with van der Waals surface area (Å²) in [6.07, 6.45) is 2.63. The van der Waals surface area contributed by atoms with Crippen molar-refractivity contribution in [1.82, 2.24) is 5.48 Å². The van der Waals surface area contributed by atoms with Gasteiger partial charge in [-0.1, -0.05) is 19.9 Å². The van der Waals surface area contributed by atoms with Gasteiger partial charge in [0, 0.05) is 5.54 Å². The van der Waals surface area contributed by atoms with Crippen molar-refractivity contribution in [3.8, 4) is 0 Å². The Bertz CT molecular complexity index is 164. The first-order chi connectivity index (χ1) is 5.52. The second kappa shape index (κ2) is 4.93. The molecule has 0 heterocycles. The molecule has 3 heteroatoms. The number of hydrogen-bond acceptors (Lipinski definition) is 3. The van der Waals surface area contributed by atoms with Gasteiger partial charge in [-0.05, 0) is 20.3 Å². The minimum Gasteiger partial charge on any atom is -0.405 e. The van der Waals surface area contributed by atoms with Crippen LogP contribution in [0.4, 0.5) is 0 Å². The molecule has 1 N–H and O–H groups in total. The number of allylic oxidation sites excluding steroid dienone is 1. The van der Waals surface area contributed by atoms with Crippen LogP contribution >= 0.6 is 0 Å². The number of carbonyl (C=O) groups is 1. The quantitative estimate of drug-likeness (QED) is 0.286. The molecule has 0 aliphatic heterocycles. The Balaban J connectivity index is 3.74. The topological polar surface area (TPSA) is 38.3 Å². The summed E-state index contributed by atoms with van der Waals surface area (Å²) in [7, 11) is 0. The maximum atomic E-state index is 10.1. The lowest BCUT2D eigenvalue weighted by Crippen LogP contribution is -2.38. The number of rotatable bonds is 6. The molecule has 0 amide bonds. The van der Waals surface area contributed by atoms with Crippen molar-refractivity contribution in [3.63, 3.8) is 0 Å². The second-order valence-corrected chi connectivity index (χ2v) is 3.42. The number of aldehydes is 1. The predicted octanol–water partition coefficient (Wildman–Crippen LogP) is 1.80. The van der Waals surface area contributed by atoms with E-state index in [0.717, 1.165) is 12.8 Å². The minimum absolute atomic E-state index is 0.110. The highest BCUT2D eigenvalue weighted by atomic mass is 16.7. The van der Waals surface area contributed by atoms with Gasteiger partial charge in [0.15, 0.2) is 12.0 Å². The third-order valence-corrected chi connectivity index (χ3v) is 1.46. The van der Waals surface area contributed by atoms with Gasteiger partial charge in [0.25, 0.3) is 0 Å². The molecule has 0 atom stereocenters. The predicted molar refractivity (Wildman–Crippen MR) is 48.4 cm³/mol. The molecule has 0 saturated heterocycles. The zero-order chi connectivity index (χ0) is 9.61. The Hall–Kier alpha value is -0.830. The summed E-state index contributed by atoms with van der Waals surface area (Å²) >= 11 is 0. The van der Waals surface area contributed by atoms with Crippen LogP contribution in [0.5, 0.6) is 0 Å². The number of hydrogen-bond donors (Lipinski definition) is 1. The Morgan fingerprint density at radius 2 is 2.25 bits per heavy atom. The molecule has 0 aromatic carbocycles. The second-order valence-electron chi connectivity index (χ2n) is 3.42. The van der Waals surface area contributed by atoms with Crippen LogP contribution in [0, 0.1) is 0 Å². The highest BCUT2D eigenvalue weighted by Gasteiger charge is 2.16. The van der Waals surface area contributed by atoms with Gasteiger partial charge >= 0.3 is 0 Å². The normalized spacial score (nSPS) is 10.9. The average Bonchev–Trinajstić information content (AvgIpc) is 2.00. The fourth-order valence-electron chi connectivity index (χ4n) is 0.904. The van der Waals surface area contributed by atoms with E-state index in [9.17, 15) is 4.79 Å². The Kier molecular flexibility index (Phi) is 4.59. The van der Waals surface area contributed by atoms with Gasteiger partial charge in [0.1, 0.15) is 0 Å². The van der Waals surface area contributed by atoms with Crippen molar-refractivity contribution >= 4 is 6.29 Å². The molecule has 0 unspecified atom stereocenters. The minimum atomic E-state index is -0.110. The maximum absolute atomic E-state index is 10.1. The summed E-state index contributed by atoms with van der Waals surface area (Å²) in [5.74, 6) is 0.110. The van der Waals surface area contributed by atoms with E-state index in [4.69, 9.17) is 4.84 Å². The van der Waals surface area contributed by atoms with Gasteiger partial charge in [-0.3, -0.25) is 4.79 Å². The smallest absolute Gasteiger partial charge is 0.186 e.